The first kappa shape index (κ1) is 24.5. The molecule has 0 radical (unpaired) electrons. The van der Waals surface area contributed by atoms with Crippen LogP contribution in [0, 0.1) is 5.82 Å². The number of amides is 1. The molecule has 0 aliphatic carbocycles. The van der Waals surface area contributed by atoms with Crippen LogP contribution in [0.1, 0.15) is 36.0 Å². The van der Waals surface area contributed by atoms with E-state index in [1.165, 1.54) is 44.8 Å². The lowest BCUT2D eigenvalue weighted by Crippen LogP contribution is -2.34. The van der Waals surface area contributed by atoms with Gasteiger partial charge >= 0.3 is 0 Å². The molecule has 2 aromatic carbocycles. The summed E-state index contributed by atoms with van der Waals surface area (Å²) in [4.78, 5) is 19.8. The normalized spacial score (nSPS) is 15.1. The minimum Gasteiger partial charge on any atom is -0.282 e. The van der Waals surface area contributed by atoms with Crippen LogP contribution in [0.25, 0.3) is 10.2 Å². The Hall–Kier alpha value is -3.15. The molecular weight excluding hydrogens is 501 g/mol. The molecule has 0 spiro atoms. The number of thiazole rings is 1. The maximum Gasteiger partial charge on any atom is 0.260 e. The molecule has 0 N–H and O–H groups in total. The van der Waals surface area contributed by atoms with Gasteiger partial charge in [0.05, 0.1) is 21.7 Å². The highest BCUT2D eigenvalue weighted by molar-refractivity contribution is 7.89. The summed E-state index contributed by atoms with van der Waals surface area (Å²) in [5, 5.41) is 4.64. The molecule has 1 amide bonds. The Bertz CT molecular complexity index is 1440. The summed E-state index contributed by atoms with van der Waals surface area (Å²) in [7, 11) is -3.61. The van der Waals surface area contributed by atoms with Crippen molar-refractivity contribution in [3.05, 3.63) is 72.3 Å². The van der Waals surface area contributed by atoms with E-state index in [9.17, 15) is 17.6 Å². The van der Waals surface area contributed by atoms with E-state index < -0.39 is 10.0 Å². The van der Waals surface area contributed by atoms with Gasteiger partial charge in [-0.25, -0.2) is 17.8 Å². The van der Waals surface area contributed by atoms with Crippen molar-refractivity contribution in [2.24, 2.45) is 0 Å². The van der Waals surface area contributed by atoms with Crippen molar-refractivity contribution < 1.29 is 17.6 Å². The summed E-state index contributed by atoms with van der Waals surface area (Å²) in [5.74, 6) is -0.686. The molecule has 0 unspecified atom stereocenters. The lowest BCUT2D eigenvalue weighted by Gasteiger charge is -2.21. The number of halogens is 1. The molecule has 5 rings (SSSR count). The standard InChI is InChI=1S/C25H26FN5O3S2/c26-20-8-11-22-23(18-20)35-25(28-22)31(17-16-29-13-5-12-27-29)24(32)19-6-9-21(10-7-19)36(33,34)30-14-3-1-2-4-15-30/h5-13,18H,1-4,14-17H2. The molecule has 1 aliphatic rings. The molecule has 2 aromatic heterocycles. The number of rotatable bonds is 7. The van der Waals surface area contributed by atoms with Gasteiger partial charge in [-0.1, -0.05) is 24.2 Å². The Kier molecular flexibility index (Phi) is 7.13. The van der Waals surface area contributed by atoms with E-state index >= 15 is 0 Å². The SMILES string of the molecule is O=C(c1ccc(S(=O)(=O)N2CCCCCC2)cc1)N(CCn1cccn1)c1nc2ccc(F)cc2s1. The largest absolute Gasteiger partial charge is 0.282 e. The first-order chi connectivity index (χ1) is 17.4. The van der Waals surface area contributed by atoms with Crippen LogP contribution in [0.5, 0.6) is 0 Å². The first-order valence-corrected chi connectivity index (χ1v) is 14.1. The number of nitrogens with zero attached hydrogens (tertiary/aromatic N) is 5. The van der Waals surface area contributed by atoms with E-state index in [0.29, 0.717) is 40.5 Å². The van der Waals surface area contributed by atoms with E-state index in [1.54, 1.807) is 41.3 Å². The van der Waals surface area contributed by atoms with Crippen LogP contribution in [-0.4, -0.2) is 53.0 Å². The number of sulfonamides is 1. The highest BCUT2D eigenvalue weighted by Crippen LogP contribution is 2.30. The fourth-order valence-corrected chi connectivity index (χ4v) is 6.81. The van der Waals surface area contributed by atoms with E-state index in [-0.39, 0.29) is 23.2 Å². The van der Waals surface area contributed by atoms with Gasteiger partial charge in [0.15, 0.2) is 5.13 Å². The van der Waals surface area contributed by atoms with Gasteiger partial charge in [-0.05, 0) is 61.4 Å². The smallest absolute Gasteiger partial charge is 0.260 e. The zero-order valence-electron chi connectivity index (χ0n) is 19.6. The number of carbonyl (C=O) groups is 1. The van der Waals surface area contributed by atoms with Crippen LogP contribution >= 0.6 is 11.3 Å². The van der Waals surface area contributed by atoms with E-state index in [2.05, 4.69) is 10.1 Å². The van der Waals surface area contributed by atoms with Crippen molar-refractivity contribution in [1.82, 2.24) is 19.1 Å². The third-order valence-corrected chi connectivity index (χ3v) is 9.19. The van der Waals surface area contributed by atoms with Crippen LogP contribution < -0.4 is 4.90 Å². The Morgan fingerprint density at radius 2 is 1.81 bits per heavy atom. The maximum atomic E-state index is 13.7. The summed E-state index contributed by atoms with van der Waals surface area (Å²) in [6.07, 6.45) is 7.24. The number of hydrogen-bond donors (Lipinski definition) is 0. The molecular formula is C25H26FN5O3S2. The molecule has 0 saturated carbocycles. The average Bonchev–Trinajstić information content (AvgIpc) is 3.46. The zero-order valence-corrected chi connectivity index (χ0v) is 21.2. The minimum absolute atomic E-state index is 0.180. The van der Waals surface area contributed by atoms with Gasteiger partial charge in [0, 0.05) is 37.6 Å². The van der Waals surface area contributed by atoms with Crippen molar-refractivity contribution in [3.63, 3.8) is 0 Å². The van der Waals surface area contributed by atoms with Crippen LogP contribution in [0.15, 0.2) is 65.8 Å². The molecule has 0 bridgehead atoms. The summed E-state index contributed by atoms with van der Waals surface area (Å²) in [5.41, 5.74) is 0.947. The van der Waals surface area contributed by atoms with Gasteiger partial charge in [-0.2, -0.15) is 9.40 Å². The molecule has 11 heteroatoms. The third-order valence-electron chi connectivity index (χ3n) is 6.23. The van der Waals surface area contributed by atoms with Crippen molar-refractivity contribution in [2.45, 2.75) is 37.1 Å². The summed E-state index contributed by atoms with van der Waals surface area (Å²) in [6, 6.07) is 12.2. The number of hydrogen-bond acceptors (Lipinski definition) is 6. The van der Waals surface area contributed by atoms with E-state index in [4.69, 9.17) is 0 Å². The third kappa shape index (κ3) is 5.18. The van der Waals surface area contributed by atoms with Gasteiger partial charge in [0.2, 0.25) is 10.0 Å². The fourth-order valence-electron chi connectivity index (χ4n) is 4.28. The number of benzene rings is 2. The number of aromatic nitrogens is 3. The highest BCUT2D eigenvalue weighted by Gasteiger charge is 2.26. The van der Waals surface area contributed by atoms with Gasteiger partial charge in [0.1, 0.15) is 5.82 Å². The topological polar surface area (TPSA) is 88.4 Å². The molecule has 1 saturated heterocycles. The average molecular weight is 528 g/mol. The number of anilines is 1. The Labute approximate surface area is 213 Å². The molecule has 4 aromatic rings. The molecule has 0 atom stereocenters. The summed E-state index contributed by atoms with van der Waals surface area (Å²) >= 11 is 1.23. The fraction of sp³-hybridized carbons (Fsp3) is 0.320. The van der Waals surface area contributed by atoms with Gasteiger partial charge in [0.25, 0.3) is 5.91 Å². The van der Waals surface area contributed by atoms with Crippen LogP contribution in [0.2, 0.25) is 0 Å². The monoisotopic (exact) mass is 527 g/mol. The van der Waals surface area contributed by atoms with Gasteiger partial charge in [-0.15, -0.1) is 0 Å². The van der Waals surface area contributed by atoms with Crippen LogP contribution in [-0.2, 0) is 16.6 Å². The highest BCUT2D eigenvalue weighted by atomic mass is 32.2. The summed E-state index contributed by atoms with van der Waals surface area (Å²) in [6.45, 7) is 1.76. The van der Waals surface area contributed by atoms with Gasteiger partial charge in [-0.3, -0.25) is 14.4 Å². The molecule has 188 valence electrons. The van der Waals surface area contributed by atoms with E-state index in [1.807, 2.05) is 0 Å². The van der Waals surface area contributed by atoms with Crippen molar-refractivity contribution in [3.8, 4) is 0 Å². The molecule has 1 fully saturated rings. The lowest BCUT2D eigenvalue weighted by atomic mass is 10.2. The predicted molar refractivity (Wildman–Crippen MR) is 137 cm³/mol. The second-order valence-corrected chi connectivity index (χ2v) is 11.6. The lowest BCUT2D eigenvalue weighted by molar-refractivity contribution is 0.0985. The second-order valence-electron chi connectivity index (χ2n) is 8.68. The van der Waals surface area contributed by atoms with Crippen molar-refractivity contribution >= 4 is 42.6 Å². The Morgan fingerprint density at radius 1 is 1.06 bits per heavy atom. The number of carbonyl (C=O) groups excluding carboxylic acids is 1. The van der Waals surface area contributed by atoms with Crippen molar-refractivity contribution in [1.29, 1.82) is 0 Å². The molecule has 1 aliphatic heterocycles. The van der Waals surface area contributed by atoms with Gasteiger partial charge < -0.3 is 0 Å². The predicted octanol–water partition coefficient (Wildman–Crippen LogP) is 4.54. The quantitative estimate of drug-likeness (QED) is 0.352. The second kappa shape index (κ2) is 10.5. The minimum atomic E-state index is -3.61. The molecule has 8 nitrogen and oxygen atoms in total. The maximum absolute atomic E-state index is 13.7. The van der Waals surface area contributed by atoms with Crippen molar-refractivity contribution in [2.75, 3.05) is 24.5 Å². The number of fused-ring (bicyclic) bond motifs is 1. The summed E-state index contributed by atoms with van der Waals surface area (Å²) < 4.78 is 43.9. The molecule has 3 heterocycles. The van der Waals surface area contributed by atoms with E-state index in [0.717, 1.165) is 25.7 Å². The Morgan fingerprint density at radius 3 is 2.50 bits per heavy atom. The molecule has 36 heavy (non-hydrogen) atoms. The zero-order chi connectivity index (χ0) is 25.1. The van der Waals surface area contributed by atoms with Crippen LogP contribution in [0.4, 0.5) is 9.52 Å². The first-order valence-electron chi connectivity index (χ1n) is 11.9. The Balaban J connectivity index is 1.42. The van der Waals surface area contributed by atoms with Crippen LogP contribution in [0.3, 0.4) is 0 Å².